The number of hydrogen-bond acceptors (Lipinski definition) is 4. The molecule has 0 saturated heterocycles. The summed E-state index contributed by atoms with van der Waals surface area (Å²) in [4.78, 5) is 24.6. The van der Waals surface area contributed by atoms with Crippen molar-refractivity contribution in [2.45, 2.75) is 90.7 Å². The van der Waals surface area contributed by atoms with Crippen LogP contribution in [0.2, 0.25) is 0 Å². The zero-order valence-corrected chi connectivity index (χ0v) is 18.8. The van der Waals surface area contributed by atoms with Gasteiger partial charge in [-0.15, -0.1) is 0 Å². The topological polar surface area (TPSA) is 52.6 Å². The Labute approximate surface area is 175 Å². The van der Waals surface area contributed by atoms with E-state index in [1.54, 1.807) is 0 Å². The number of ether oxygens (including phenoxy) is 2. The van der Waals surface area contributed by atoms with Crippen molar-refractivity contribution in [1.82, 2.24) is 0 Å². The summed E-state index contributed by atoms with van der Waals surface area (Å²) in [5, 5.41) is 0. The molecule has 2 rings (SSSR count). The number of rotatable bonds is 9. The summed E-state index contributed by atoms with van der Waals surface area (Å²) >= 11 is 6.40. The van der Waals surface area contributed by atoms with Crippen LogP contribution in [0.4, 0.5) is 0 Å². The Bertz CT molecular complexity index is 509. The quantitative estimate of drug-likeness (QED) is 0.174. The molecule has 0 N–H and O–H groups in total. The highest BCUT2D eigenvalue weighted by atomic mass is 35.5. The zero-order chi connectivity index (χ0) is 20.6. The van der Waals surface area contributed by atoms with E-state index >= 15 is 0 Å². The van der Waals surface area contributed by atoms with E-state index in [2.05, 4.69) is 0 Å². The van der Waals surface area contributed by atoms with Crippen LogP contribution in [0.15, 0.2) is 0 Å². The minimum atomic E-state index is -0.756. The average molecular weight is 417 g/mol. The standard InChI is InChI=1S/C22H39ClNO4/c1-4-24(5-2,21(23)28-18(3)25)16-17-27-20(26)22(14-10-7-11-15-22)19-12-8-6-9-13-19/h19,21H,4-17H2,1-3H3/q+1. The van der Waals surface area contributed by atoms with Crippen molar-refractivity contribution in [1.29, 1.82) is 0 Å². The molecule has 5 nitrogen and oxygen atoms in total. The second-order valence-corrected chi connectivity index (χ2v) is 9.04. The third-order valence-corrected chi connectivity index (χ3v) is 7.77. The van der Waals surface area contributed by atoms with Gasteiger partial charge in [0, 0.05) is 6.92 Å². The Morgan fingerprint density at radius 2 is 1.61 bits per heavy atom. The van der Waals surface area contributed by atoms with Crippen LogP contribution < -0.4 is 0 Å². The molecule has 0 spiro atoms. The molecule has 0 aromatic carbocycles. The normalized spacial score (nSPS) is 21.7. The number of carbonyl (C=O) groups excluding carboxylic acids is 2. The van der Waals surface area contributed by atoms with Crippen LogP contribution in [0.25, 0.3) is 0 Å². The zero-order valence-electron chi connectivity index (χ0n) is 18.0. The van der Waals surface area contributed by atoms with Gasteiger partial charge in [0.1, 0.15) is 13.2 Å². The highest BCUT2D eigenvalue weighted by Crippen LogP contribution is 2.49. The molecule has 0 aromatic heterocycles. The Morgan fingerprint density at radius 3 is 2.14 bits per heavy atom. The summed E-state index contributed by atoms with van der Waals surface area (Å²) in [6.45, 7) is 7.71. The number of nitrogens with zero attached hydrogens (tertiary/aromatic N) is 1. The monoisotopic (exact) mass is 416 g/mol. The van der Waals surface area contributed by atoms with Crippen LogP contribution in [0.5, 0.6) is 0 Å². The van der Waals surface area contributed by atoms with Crippen molar-refractivity contribution < 1.29 is 23.5 Å². The minimum absolute atomic E-state index is 0.00279. The molecule has 0 aromatic rings. The van der Waals surface area contributed by atoms with Crippen LogP contribution in [-0.2, 0) is 19.1 Å². The van der Waals surface area contributed by atoms with Crippen molar-refractivity contribution in [3.63, 3.8) is 0 Å². The van der Waals surface area contributed by atoms with Gasteiger partial charge in [0.15, 0.2) is 0 Å². The Balaban J connectivity index is 2.01. The van der Waals surface area contributed by atoms with Gasteiger partial charge in [-0.1, -0.05) is 38.5 Å². The summed E-state index contributed by atoms with van der Waals surface area (Å²) in [7, 11) is 0. The van der Waals surface area contributed by atoms with Gasteiger partial charge in [-0.2, -0.15) is 0 Å². The average Bonchev–Trinajstić information content (AvgIpc) is 2.72. The molecule has 162 valence electrons. The maximum absolute atomic E-state index is 13.3. The predicted octanol–water partition coefficient (Wildman–Crippen LogP) is 5.00. The maximum atomic E-state index is 13.3. The highest BCUT2D eigenvalue weighted by molar-refractivity contribution is 6.19. The molecule has 2 aliphatic carbocycles. The number of hydrogen-bond donors (Lipinski definition) is 0. The summed E-state index contributed by atoms with van der Waals surface area (Å²) in [6.07, 6.45) is 11.5. The van der Waals surface area contributed by atoms with Crippen LogP contribution >= 0.6 is 11.6 Å². The molecular weight excluding hydrogens is 378 g/mol. The van der Waals surface area contributed by atoms with Crippen LogP contribution in [0.3, 0.4) is 0 Å². The lowest BCUT2D eigenvalue weighted by Gasteiger charge is -2.43. The van der Waals surface area contributed by atoms with E-state index in [0.29, 0.717) is 36.6 Å². The van der Waals surface area contributed by atoms with Crippen LogP contribution in [0, 0.1) is 11.3 Å². The summed E-state index contributed by atoms with van der Waals surface area (Å²) in [5.41, 5.74) is -1.03. The SMILES string of the molecule is CC[N+](CC)(CCOC(=O)C1(C2CCCCC2)CCCCC1)C(Cl)OC(C)=O. The number of alkyl halides is 1. The van der Waals surface area contributed by atoms with Crippen molar-refractivity contribution in [3.05, 3.63) is 0 Å². The first-order valence-corrected chi connectivity index (χ1v) is 11.7. The first-order chi connectivity index (χ1) is 13.4. The van der Waals surface area contributed by atoms with E-state index in [0.717, 1.165) is 38.5 Å². The second kappa shape index (κ2) is 10.8. The Hall–Kier alpha value is -0.810. The van der Waals surface area contributed by atoms with E-state index in [1.165, 1.54) is 32.6 Å². The fraction of sp³-hybridized carbons (Fsp3) is 0.909. The van der Waals surface area contributed by atoms with E-state index in [9.17, 15) is 9.59 Å². The highest BCUT2D eigenvalue weighted by Gasteiger charge is 2.47. The van der Waals surface area contributed by atoms with Crippen LogP contribution in [0.1, 0.15) is 85.0 Å². The number of esters is 2. The first-order valence-electron chi connectivity index (χ1n) is 11.2. The third-order valence-electron chi connectivity index (χ3n) is 7.26. The summed E-state index contributed by atoms with van der Waals surface area (Å²) in [5.74, 6) is 0.0929. The van der Waals surface area contributed by atoms with Gasteiger partial charge in [0.05, 0.1) is 18.5 Å². The van der Waals surface area contributed by atoms with Gasteiger partial charge in [-0.05, 0) is 57.0 Å². The van der Waals surface area contributed by atoms with E-state index in [4.69, 9.17) is 21.1 Å². The van der Waals surface area contributed by atoms with Crippen molar-refractivity contribution in [2.24, 2.45) is 11.3 Å². The molecular formula is C22H39ClNO4+. The molecule has 0 radical (unpaired) electrons. The lowest BCUT2D eigenvalue weighted by molar-refractivity contribution is -0.953. The van der Waals surface area contributed by atoms with Gasteiger partial charge in [0.25, 0.3) is 0 Å². The van der Waals surface area contributed by atoms with Gasteiger partial charge in [0.2, 0.25) is 0 Å². The first kappa shape index (κ1) is 23.5. The molecule has 28 heavy (non-hydrogen) atoms. The molecule has 0 heterocycles. The Morgan fingerprint density at radius 1 is 1.04 bits per heavy atom. The van der Waals surface area contributed by atoms with Gasteiger partial charge >= 0.3 is 17.6 Å². The van der Waals surface area contributed by atoms with Gasteiger partial charge in [-0.3, -0.25) is 14.1 Å². The van der Waals surface area contributed by atoms with Gasteiger partial charge < -0.3 is 9.47 Å². The number of halogens is 1. The van der Waals surface area contributed by atoms with Crippen molar-refractivity contribution in [2.75, 3.05) is 26.2 Å². The van der Waals surface area contributed by atoms with Gasteiger partial charge in [-0.25, -0.2) is 0 Å². The number of carbonyl (C=O) groups is 2. The number of quaternary nitrogens is 1. The molecule has 1 unspecified atom stereocenters. The molecule has 0 bridgehead atoms. The molecule has 1 atom stereocenters. The largest absolute Gasteiger partial charge is 0.459 e. The molecule has 0 amide bonds. The van der Waals surface area contributed by atoms with E-state index in [-0.39, 0.29) is 17.4 Å². The molecule has 2 aliphatic rings. The fourth-order valence-electron chi connectivity index (χ4n) is 5.26. The lowest BCUT2D eigenvalue weighted by atomic mass is 9.62. The molecule has 2 fully saturated rings. The van der Waals surface area contributed by atoms with Crippen molar-refractivity contribution >= 4 is 23.5 Å². The number of likely N-dealkylation sites (N-methyl/N-ethyl adjacent to an activating group) is 1. The lowest BCUT2D eigenvalue weighted by Crippen LogP contribution is -2.56. The van der Waals surface area contributed by atoms with Crippen LogP contribution in [-0.4, -0.2) is 48.3 Å². The minimum Gasteiger partial charge on any atom is -0.459 e. The van der Waals surface area contributed by atoms with E-state index < -0.39 is 5.69 Å². The third kappa shape index (κ3) is 5.41. The fourth-order valence-corrected chi connectivity index (χ4v) is 5.76. The van der Waals surface area contributed by atoms with Crippen molar-refractivity contribution in [3.8, 4) is 0 Å². The van der Waals surface area contributed by atoms with E-state index in [1.807, 2.05) is 13.8 Å². The summed E-state index contributed by atoms with van der Waals surface area (Å²) < 4.78 is 11.5. The maximum Gasteiger partial charge on any atom is 0.316 e. The molecule has 2 saturated carbocycles. The smallest absolute Gasteiger partial charge is 0.316 e. The molecule has 0 aliphatic heterocycles. The Kier molecular flexibility index (Phi) is 9.07. The summed E-state index contributed by atoms with van der Waals surface area (Å²) in [6, 6.07) is 0. The second-order valence-electron chi connectivity index (χ2n) is 8.66. The molecule has 6 heteroatoms. The predicted molar refractivity (Wildman–Crippen MR) is 111 cm³/mol.